The van der Waals surface area contributed by atoms with Gasteiger partial charge in [0.15, 0.2) is 0 Å². The van der Waals surface area contributed by atoms with Crippen molar-refractivity contribution in [1.82, 2.24) is 0 Å². The number of aliphatic carboxylic acids is 1. The molecule has 0 saturated heterocycles. The predicted octanol–water partition coefficient (Wildman–Crippen LogP) is 3.28. The summed E-state index contributed by atoms with van der Waals surface area (Å²) in [6.07, 6.45) is -3.48. The zero-order valence-electron chi connectivity index (χ0n) is 8.87. The Morgan fingerprint density at radius 3 is 2.35 bits per heavy atom. The molecule has 1 saturated carbocycles. The maximum Gasteiger partial charge on any atom is 0.416 e. The van der Waals surface area contributed by atoms with Gasteiger partial charge in [0.25, 0.3) is 0 Å². The molecule has 1 aromatic carbocycles. The predicted molar refractivity (Wildman–Crippen MR) is 54.5 cm³/mol. The van der Waals surface area contributed by atoms with Gasteiger partial charge in [0.1, 0.15) is 0 Å². The van der Waals surface area contributed by atoms with Crippen molar-refractivity contribution in [2.75, 3.05) is 0 Å². The van der Waals surface area contributed by atoms with Crippen LogP contribution in [0.2, 0.25) is 0 Å². The molecule has 0 spiro atoms. The fourth-order valence-corrected chi connectivity index (χ4v) is 2.03. The third-order valence-electron chi connectivity index (χ3n) is 3.03. The van der Waals surface area contributed by atoms with Crippen molar-refractivity contribution in [3.8, 4) is 0 Å². The van der Waals surface area contributed by atoms with Gasteiger partial charge in [-0.3, -0.25) is 4.79 Å². The van der Waals surface area contributed by atoms with Crippen LogP contribution < -0.4 is 0 Å². The van der Waals surface area contributed by atoms with Crippen LogP contribution in [0.3, 0.4) is 0 Å². The average molecular weight is 244 g/mol. The zero-order chi connectivity index (χ0) is 12.6. The number of carboxylic acids is 1. The van der Waals surface area contributed by atoms with Crippen LogP contribution in [-0.4, -0.2) is 11.1 Å². The van der Waals surface area contributed by atoms with E-state index in [9.17, 15) is 18.0 Å². The maximum atomic E-state index is 12.3. The molecule has 2 atom stereocenters. The number of hydrogen-bond donors (Lipinski definition) is 1. The molecule has 0 aromatic heterocycles. The minimum Gasteiger partial charge on any atom is -0.481 e. The number of benzene rings is 1. The molecule has 1 aromatic rings. The van der Waals surface area contributed by atoms with Gasteiger partial charge in [-0.25, -0.2) is 0 Å². The molecule has 1 aliphatic rings. The zero-order valence-corrected chi connectivity index (χ0v) is 8.87. The molecule has 2 unspecified atom stereocenters. The SMILES string of the molecule is O=C(O)CC1CC1c1ccc(C(F)(F)F)cc1. The Morgan fingerprint density at radius 2 is 1.88 bits per heavy atom. The van der Waals surface area contributed by atoms with Crippen LogP contribution in [-0.2, 0) is 11.0 Å². The summed E-state index contributed by atoms with van der Waals surface area (Å²) in [7, 11) is 0. The summed E-state index contributed by atoms with van der Waals surface area (Å²) in [5, 5.41) is 8.59. The Balaban J connectivity index is 2.03. The first-order valence-corrected chi connectivity index (χ1v) is 5.27. The molecule has 17 heavy (non-hydrogen) atoms. The van der Waals surface area contributed by atoms with Crippen LogP contribution in [0.1, 0.15) is 29.9 Å². The van der Waals surface area contributed by atoms with Crippen LogP contribution >= 0.6 is 0 Å². The number of rotatable bonds is 3. The van der Waals surface area contributed by atoms with Gasteiger partial charge >= 0.3 is 12.1 Å². The van der Waals surface area contributed by atoms with Crippen molar-refractivity contribution in [3.63, 3.8) is 0 Å². The molecule has 0 radical (unpaired) electrons. The second-order valence-electron chi connectivity index (χ2n) is 4.32. The standard InChI is InChI=1S/C12H11F3O2/c13-12(14,15)9-3-1-7(2-4-9)10-5-8(10)6-11(16)17/h1-4,8,10H,5-6H2,(H,16,17). The quantitative estimate of drug-likeness (QED) is 0.885. The summed E-state index contributed by atoms with van der Waals surface area (Å²) in [5.74, 6) is -0.679. The summed E-state index contributed by atoms with van der Waals surface area (Å²) in [5.41, 5.74) is 0.126. The van der Waals surface area contributed by atoms with Crippen LogP contribution in [0.5, 0.6) is 0 Å². The van der Waals surface area contributed by atoms with Gasteiger partial charge in [0, 0.05) is 6.42 Å². The topological polar surface area (TPSA) is 37.3 Å². The Hall–Kier alpha value is -1.52. The Bertz CT molecular complexity index is 422. The molecule has 0 heterocycles. The van der Waals surface area contributed by atoms with E-state index in [-0.39, 0.29) is 18.3 Å². The van der Waals surface area contributed by atoms with Crippen molar-refractivity contribution < 1.29 is 23.1 Å². The third kappa shape index (κ3) is 2.78. The van der Waals surface area contributed by atoms with Crippen LogP contribution in [0, 0.1) is 5.92 Å². The fraction of sp³-hybridized carbons (Fsp3) is 0.417. The third-order valence-corrected chi connectivity index (χ3v) is 3.03. The molecule has 0 bridgehead atoms. The lowest BCUT2D eigenvalue weighted by Gasteiger charge is -2.07. The first-order chi connectivity index (χ1) is 7.88. The smallest absolute Gasteiger partial charge is 0.416 e. The van der Waals surface area contributed by atoms with E-state index in [0.717, 1.165) is 24.1 Å². The molecule has 0 aliphatic heterocycles. The highest BCUT2D eigenvalue weighted by molar-refractivity contribution is 5.67. The Kier molecular flexibility index (Phi) is 2.85. The first kappa shape index (κ1) is 12.0. The van der Waals surface area contributed by atoms with Gasteiger partial charge in [-0.15, -0.1) is 0 Å². The number of carbonyl (C=O) groups is 1. The van der Waals surface area contributed by atoms with E-state index < -0.39 is 17.7 Å². The van der Waals surface area contributed by atoms with E-state index in [0.29, 0.717) is 0 Å². The van der Waals surface area contributed by atoms with Crippen molar-refractivity contribution >= 4 is 5.97 Å². The highest BCUT2D eigenvalue weighted by Gasteiger charge is 2.40. The second-order valence-corrected chi connectivity index (χ2v) is 4.32. The lowest BCUT2D eigenvalue weighted by Crippen LogP contribution is -2.04. The van der Waals surface area contributed by atoms with Gasteiger partial charge in [0.2, 0.25) is 0 Å². The van der Waals surface area contributed by atoms with Gasteiger partial charge < -0.3 is 5.11 Å². The number of carboxylic acid groups (broad SMARTS) is 1. The van der Waals surface area contributed by atoms with E-state index in [2.05, 4.69) is 0 Å². The lowest BCUT2D eigenvalue weighted by atomic mass is 10.1. The molecule has 2 rings (SSSR count). The van der Waals surface area contributed by atoms with Gasteiger partial charge in [0.05, 0.1) is 5.56 Å². The molecule has 5 heteroatoms. The average Bonchev–Trinajstić information content (AvgIpc) is 2.95. The van der Waals surface area contributed by atoms with Crippen molar-refractivity contribution in [2.45, 2.75) is 24.9 Å². The highest BCUT2D eigenvalue weighted by Crippen LogP contribution is 2.49. The normalized spacial score (nSPS) is 23.5. The summed E-state index contributed by atoms with van der Waals surface area (Å²) < 4.78 is 36.9. The molecule has 2 nitrogen and oxygen atoms in total. The number of hydrogen-bond acceptors (Lipinski definition) is 1. The second kappa shape index (κ2) is 4.05. The van der Waals surface area contributed by atoms with E-state index >= 15 is 0 Å². The van der Waals surface area contributed by atoms with Crippen molar-refractivity contribution in [3.05, 3.63) is 35.4 Å². The van der Waals surface area contributed by atoms with Crippen LogP contribution in [0.15, 0.2) is 24.3 Å². The first-order valence-electron chi connectivity index (χ1n) is 5.27. The monoisotopic (exact) mass is 244 g/mol. The minimum absolute atomic E-state index is 0.0734. The van der Waals surface area contributed by atoms with Crippen LogP contribution in [0.4, 0.5) is 13.2 Å². The Morgan fingerprint density at radius 1 is 1.29 bits per heavy atom. The van der Waals surface area contributed by atoms with Crippen molar-refractivity contribution in [2.24, 2.45) is 5.92 Å². The minimum atomic E-state index is -4.32. The molecule has 0 amide bonds. The number of halogens is 3. The maximum absolute atomic E-state index is 12.3. The van der Waals surface area contributed by atoms with E-state index in [1.807, 2.05) is 0 Å². The van der Waals surface area contributed by atoms with Gasteiger partial charge in [-0.2, -0.15) is 13.2 Å². The molecule has 1 N–H and O–H groups in total. The molecule has 92 valence electrons. The van der Waals surface area contributed by atoms with Gasteiger partial charge in [-0.1, -0.05) is 12.1 Å². The van der Waals surface area contributed by atoms with E-state index in [4.69, 9.17) is 5.11 Å². The van der Waals surface area contributed by atoms with Gasteiger partial charge in [-0.05, 0) is 36.0 Å². The fourth-order valence-electron chi connectivity index (χ4n) is 2.03. The summed E-state index contributed by atoms with van der Waals surface area (Å²) in [4.78, 5) is 10.5. The summed E-state index contributed by atoms with van der Waals surface area (Å²) >= 11 is 0. The lowest BCUT2D eigenvalue weighted by molar-refractivity contribution is -0.138. The summed E-state index contributed by atoms with van der Waals surface area (Å²) in [6.45, 7) is 0. The number of alkyl halides is 3. The highest BCUT2D eigenvalue weighted by atomic mass is 19.4. The van der Waals surface area contributed by atoms with E-state index in [1.54, 1.807) is 0 Å². The van der Waals surface area contributed by atoms with Crippen LogP contribution in [0.25, 0.3) is 0 Å². The van der Waals surface area contributed by atoms with E-state index in [1.165, 1.54) is 12.1 Å². The molecule has 1 fully saturated rings. The van der Waals surface area contributed by atoms with Crippen molar-refractivity contribution in [1.29, 1.82) is 0 Å². The summed E-state index contributed by atoms with van der Waals surface area (Å²) in [6, 6.07) is 4.97. The largest absolute Gasteiger partial charge is 0.481 e. The Labute approximate surface area is 96.1 Å². The molecular weight excluding hydrogens is 233 g/mol. The molecular formula is C12H11F3O2. The molecule has 1 aliphatic carbocycles.